The van der Waals surface area contributed by atoms with Crippen LogP contribution in [0.25, 0.3) is 0 Å². The molecule has 0 amide bonds. The molecule has 0 heterocycles. The molecule has 0 saturated carbocycles. The molecule has 0 aliphatic carbocycles. The molecular weight excluding hydrogens is 365 g/mol. The van der Waals surface area contributed by atoms with Gasteiger partial charge in [0.1, 0.15) is 5.82 Å². The van der Waals surface area contributed by atoms with E-state index in [4.69, 9.17) is 11.6 Å². The maximum Gasteiger partial charge on any atom is 0.230 e. The first-order chi connectivity index (χ1) is 13.0. The summed E-state index contributed by atoms with van der Waals surface area (Å²) < 4.78 is 13.2. The number of likely N-dealkylation sites (N-methyl/N-ethyl adjacent to an activating group) is 1. The number of ketones is 1. The van der Waals surface area contributed by atoms with Crippen LogP contribution in [-0.4, -0.2) is 18.7 Å². The monoisotopic (exact) mass is 381 g/mol. The molecular formula is C21H17ClFN3O. The Morgan fingerprint density at radius 1 is 0.963 bits per heavy atom. The third-order valence-electron chi connectivity index (χ3n) is 3.91. The number of halogens is 2. The normalized spacial score (nSPS) is 11.1. The number of Topliss-reactive ketones (excluding diaryl/α,β-unsaturated/α-hetero) is 1. The molecule has 0 saturated heterocycles. The SMILES string of the molecule is CN(/C(=N/Nc1ccc(Cl)cc1)C(=O)c1ccccc1)c1ccc(F)cc1. The maximum atomic E-state index is 13.2. The molecule has 3 aromatic carbocycles. The zero-order valence-corrected chi connectivity index (χ0v) is 15.3. The molecule has 0 radical (unpaired) electrons. The minimum atomic E-state index is -0.348. The molecule has 6 heteroatoms. The van der Waals surface area contributed by atoms with Gasteiger partial charge in [-0.25, -0.2) is 4.39 Å². The van der Waals surface area contributed by atoms with Gasteiger partial charge in [0.25, 0.3) is 0 Å². The van der Waals surface area contributed by atoms with Gasteiger partial charge in [-0.2, -0.15) is 5.10 Å². The molecule has 0 unspecified atom stereocenters. The van der Waals surface area contributed by atoms with Crippen molar-refractivity contribution in [1.29, 1.82) is 0 Å². The fourth-order valence-corrected chi connectivity index (χ4v) is 2.55. The van der Waals surface area contributed by atoms with E-state index in [-0.39, 0.29) is 17.4 Å². The zero-order chi connectivity index (χ0) is 19.2. The van der Waals surface area contributed by atoms with Crippen LogP contribution >= 0.6 is 11.6 Å². The van der Waals surface area contributed by atoms with Crippen molar-refractivity contribution in [3.8, 4) is 0 Å². The summed E-state index contributed by atoms with van der Waals surface area (Å²) in [7, 11) is 1.70. The van der Waals surface area contributed by atoms with Gasteiger partial charge < -0.3 is 4.90 Å². The van der Waals surface area contributed by atoms with Gasteiger partial charge in [0, 0.05) is 23.3 Å². The number of hydrogen-bond donors (Lipinski definition) is 1. The Labute approximate surface area is 161 Å². The van der Waals surface area contributed by atoms with Crippen molar-refractivity contribution in [2.45, 2.75) is 0 Å². The van der Waals surface area contributed by atoms with Crippen LogP contribution in [0.5, 0.6) is 0 Å². The molecule has 0 fully saturated rings. The number of nitrogens with zero attached hydrogens (tertiary/aromatic N) is 2. The van der Waals surface area contributed by atoms with E-state index in [0.29, 0.717) is 22.0 Å². The first-order valence-corrected chi connectivity index (χ1v) is 8.61. The standard InChI is InChI=1S/C21H17ClFN3O/c1-26(19-13-9-17(23)10-14-19)21(20(27)15-5-3-2-4-6-15)25-24-18-11-7-16(22)8-12-18/h2-14,24H,1H3/b25-21+. The summed E-state index contributed by atoms with van der Waals surface area (Å²) in [6.45, 7) is 0. The van der Waals surface area contributed by atoms with Gasteiger partial charge in [0.05, 0.1) is 5.69 Å². The molecule has 0 spiro atoms. The minimum absolute atomic E-state index is 0.169. The smallest absolute Gasteiger partial charge is 0.230 e. The number of rotatable bonds is 5. The Morgan fingerprint density at radius 3 is 2.22 bits per heavy atom. The van der Waals surface area contributed by atoms with Crippen LogP contribution in [0.15, 0.2) is 84.0 Å². The van der Waals surface area contributed by atoms with Crippen molar-refractivity contribution in [3.63, 3.8) is 0 Å². The van der Waals surface area contributed by atoms with Crippen LogP contribution in [0.3, 0.4) is 0 Å². The number of carbonyl (C=O) groups is 1. The number of nitrogens with one attached hydrogen (secondary N) is 1. The summed E-state index contributed by atoms with van der Waals surface area (Å²) in [5.41, 5.74) is 4.70. The zero-order valence-electron chi connectivity index (χ0n) is 14.6. The number of benzene rings is 3. The fraction of sp³-hybridized carbons (Fsp3) is 0.0476. The summed E-state index contributed by atoms with van der Waals surface area (Å²) in [6, 6.07) is 21.7. The highest BCUT2D eigenvalue weighted by atomic mass is 35.5. The van der Waals surface area contributed by atoms with Crippen LogP contribution in [0, 0.1) is 5.82 Å². The molecule has 136 valence electrons. The van der Waals surface area contributed by atoms with E-state index in [1.807, 2.05) is 6.07 Å². The van der Waals surface area contributed by atoms with Crippen molar-refractivity contribution < 1.29 is 9.18 Å². The third-order valence-corrected chi connectivity index (χ3v) is 4.16. The summed E-state index contributed by atoms with van der Waals surface area (Å²) in [5, 5.41) is 4.91. The predicted octanol–water partition coefficient (Wildman–Crippen LogP) is 5.22. The van der Waals surface area contributed by atoms with Crippen molar-refractivity contribution >= 4 is 34.6 Å². The number of carbonyl (C=O) groups excluding carboxylic acids is 1. The molecule has 0 atom stereocenters. The topological polar surface area (TPSA) is 44.7 Å². The van der Waals surface area contributed by atoms with Gasteiger partial charge in [-0.3, -0.25) is 10.2 Å². The van der Waals surface area contributed by atoms with Crippen LogP contribution < -0.4 is 10.3 Å². The second-order valence-electron chi connectivity index (χ2n) is 5.78. The van der Waals surface area contributed by atoms with E-state index >= 15 is 0 Å². The summed E-state index contributed by atoms with van der Waals surface area (Å²) in [4.78, 5) is 14.6. The van der Waals surface area contributed by atoms with Crippen molar-refractivity contribution in [3.05, 3.63) is 95.3 Å². The van der Waals surface area contributed by atoms with Gasteiger partial charge in [-0.05, 0) is 48.5 Å². The van der Waals surface area contributed by atoms with Gasteiger partial charge in [-0.1, -0.05) is 41.9 Å². The lowest BCUT2D eigenvalue weighted by molar-refractivity contribution is 0.106. The Kier molecular flexibility index (Phi) is 5.84. The highest BCUT2D eigenvalue weighted by Gasteiger charge is 2.20. The third kappa shape index (κ3) is 4.71. The lowest BCUT2D eigenvalue weighted by Crippen LogP contribution is -2.34. The number of hydrazone groups is 1. The van der Waals surface area contributed by atoms with Gasteiger partial charge in [-0.15, -0.1) is 0 Å². The lowest BCUT2D eigenvalue weighted by atomic mass is 10.1. The van der Waals surface area contributed by atoms with Gasteiger partial charge in [0.15, 0.2) is 0 Å². The van der Waals surface area contributed by atoms with Crippen LogP contribution in [0.4, 0.5) is 15.8 Å². The first kappa shape index (κ1) is 18.6. The van der Waals surface area contributed by atoms with E-state index in [1.54, 1.807) is 72.6 Å². The molecule has 0 bridgehead atoms. The molecule has 3 aromatic rings. The molecule has 1 N–H and O–H groups in total. The summed E-state index contributed by atoms with van der Waals surface area (Å²) in [5.74, 6) is -0.439. The van der Waals surface area contributed by atoms with Crippen molar-refractivity contribution in [1.82, 2.24) is 0 Å². The lowest BCUT2D eigenvalue weighted by Gasteiger charge is -2.20. The summed E-state index contributed by atoms with van der Waals surface area (Å²) >= 11 is 5.89. The van der Waals surface area contributed by atoms with Crippen LogP contribution in [-0.2, 0) is 0 Å². The van der Waals surface area contributed by atoms with E-state index < -0.39 is 0 Å². The highest BCUT2D eigenvalue weighted by molar-refractivity contribution is 6.49. The maximum absolute atomic E-state index is 13.2. The van der Waals surface area contributed by atoms with Crippen LogP contribution in [0.1, 0.15) is 10.4 Å². The van der Waals surface area contributed by atoms with Gasteiger partial charge in [0.2, 0.25) is 11.6 Å². The number of hydrogen-bond acceptors (Lipinski definition) is 3. The second kappa shape index (κ2) is 8.47. The second-order valence-corrected chi connectivity index (χ2v) is 6.22. The van der Waals surface area contributed by atoms with Crippen LogP contribution in [0.2, 0.25) is 5.02 Å². The molecule has 27 heavy (non-hydrogen) atoms. The molecule has 0 aromatic heterocycles. The molecule has 0 aliphatic heterocycles. The van der Waals surface area contributed by atoms with Gasteiger partial charge >= 0.3 is 0 Å². The van der Waals surface area contributed by atoms with E-state index in [9.17, 15) is 9.18 Å². The fourth-order valence-electron chi connectivity index (χ4n) is 2.43. The van der Waals surface area contributed by atoms with E-state index in [2.05, 4.69) is 10.5 Å². The number of amidine groups is 1. The summed E-state index contributed by atoms with van der Waals surface area (Å²) in [6.07, 6.45) is 0. The van der Waals surface area contributed by atoms with Crippen molar-refractivity contribution in [2.24, 2.45) is 5.10 Å². The Balaban J connectivity index is 1.94. The number of anilines is 2. The predicted molar refractivity (Wildman–Crippen MR) is 108 cm³/mol. The van der Waals surface area contributed by atoms with E-state index in [0.717, 1.165) is 0 Å². The average Bonchev–Trinajstić information content (AvgIpc) is 2.70. The highest BCUT2D eigenvalue weighted by Crippen LogP contribution is 2.17. The largest absolute Gasteiger partial charge is 0.325 e. The first-order valence-electron chi connectivity index (χ1n) is 8.23. The van der Waals surface area contributed by atoms with E-state index in [1.165, 1.54) is 12.1 Å². The quantitative estimate of drug-likeness (QED) is 0.285. The average molecular weight is 382 g/mol. The van der Waals surface area contributed by atoms with Crippen molar-refractivity contribution in [2.75, 3.05) is 17.4 Å². The molecule has 3 rings (SSSR count). The molecule has 0 aliphatic rings. The Morgan fingerprint density at radius 2 is 1.59 bits per heavy atom. The Hall–Kier alpha value is -3.18. The molecule has 4 nitrogen and oxygen atoms in total. The Bertz CT molecular complexity index is 941. The minimum Gasteiger partial charge on any atom is -0.325 e.